The fraction of sp³-hybridized carbons (Fsp3) is 0.500. The van der Waals surface area contributed by atoms with Crippen molar-refractivity contribution in [1.82, 2.24) is 4.90 Å². The van der Waals surface area contributed by atoms with E-state index in [1.165, 1.54) is 0 Å². The standard InChI is InChI=1S/C14H17BrINOS/c1-14(2)5-6-17(7-8-19-14)13(18)11-9-10(15)3-4-12(11)16/h3-4,9H,5-8H2,1-2H3. The Hall–Kier alpha value is 0.250. The lowest BCUT2D eigenvalue weighted by atomic mass is 10.1. The average Bonchev–Trinajstić information content (AvgIpc) is 2.52. The first kappa shape index (κ1) is 15.6. The zero-order valence-electron chi connectivity index (χ0n) is 11.1. The monoisotopic (exact) mass is 453 g/mol. The molecule has 0 aromatic heterocycles. The Balaban J connectivity index is 2.17. The number of hydrogen-bond acceptors (Lipinski definition) is 2. The molecular formula is C14H17BrINOS. The van der Waals surface area contributed by atoms with Crippen LogP contribution in [0.25, 0.3) is 0 Å². The van der Waals surface area contributed by atoms with Crippen LogP contribution >= 0.6 is 50.3 Å². The first-order valence-electron chi connectivity index (χ1n) is 6.27. The number of hydrogen-bond donors (Lipinski definition) is 0. The van der Waals surface area contributed by atoms with Crippen molar-refractivity contribution in [2.45, 2.75) is 25.0 Å². The molecule has 0 unspecified atom stereocenters. The summed E-state index contributed by atoms with van der Waals surface area (Å²) in [6.07, 6.45) is 1.05. The largest absolute Gasteiger partial charge is 0.338 e. The van der Waals surface area contributed by atoms with E-state index in [-0.39, 0.29) is 10.7 Å². The summed E-state index contributed by atoms with van der Waals surface area (Å²) in [5.74, 6) is 1.17. The SMILES string of the molecule is CC1(C)CCN(C(=O)c2cc(Br)ccc2I)CCS1. The molecule has 1 aromatic carbocycles. The summed E-state index contributed by atoms with van der Waals surface area (Å²) >= 11 is 7.64. The Morgan fingerprint density at radius 2 is 2.16 bits per heavy atom. The third-order valence-electron chi connectivity index (χ3n) is 3.28. The molecule has 1 saturated heterocycles. The lowest BCUT2D eigenvalue weighted by Gasteiger charge is -2.23. The second kappa shape index (κ2) is 6.35. The quantitative estimate of drug-likeness (QED) is 0.587. The van der Waals surface area contributed by atoms with Crippen molar-refractivity contribution in [2.24, 2.45) is 0 Å². The van der Waals surface area contributed by atoms with Crippen LogP contribution in [-0.2, 0) is 0 Å². The molecule has 2 rings (SSSR count). The van der Waals surface area contributed by atoms with Gasteiger partial charge >= 0.3 is 0 Å². The molecule has 0 N–H and O–H groups in total. The maximum absolute atomic E-state index is 12.6. The van der Waals surface area contributed by atoms with Gasteiger partial charge in [0.1, 0.15) is 0 Å². The maximum atomic E-state index is 12.6. The van der Waals surface area contributed by atoms with Gasteiger partial charge in [0.05, 0.1) is 5.56 Å². The lowest BCUT2D eigenvalue weighted by molar-refractivity contribution is 0.0763. The normalized spacial score (nSPS) is 19.1. The summed E-state index contributed by atoms with van der Waals surface area (Å²) in [4.78, 5) is 14.6. The van der Waals surface area contributed by atoms with Gasteiger partial charge in [-0.25, -0.2) is 0 Å². The maximum Gasteiger partial charge on any atom is 0.254 e. The summed E-state index contributed by atoms with van der Waals surface area (Å²) in [6, 6.07) is 5.88. The van der Waals surface area contributed by atoms with E-state index in [9.17, 15) is 4.79 Å². The molecular weight excluding hydrogens is 437 g/mol. The number of nitrogens with zero attached hydrogens (tertiary/aromatic N) is 1. The molecule has 19 heavy (non-hydrogen) atoms. The minimum atomic E-state index is 0.156. The third kappa shape index (κ3) is 4.11. The minimum absolute atomic E-state index is 0.156. The molecule has 1 aromatic rings. The van der Waals surface area contributed by atoms with Crippen molar-refractivity contribution in [1.29, 1.82) is 0 Å². The zero-order chi connectivity index (χ0) is 14.0. The Bertz CT molecular complexity index is 492. The molecule has 1 heterocycles. The predicted molar refractivity (Wildman–Crippen MR) is 93.9 cm³/mol. The van der Waals surface area contributed by atoms with Crippen molar-refractivity contribution < 1.29 is 4.79 Å². The fourth-order valence-electron chi connectivity index (χ4n) is 2.06. The molecule has 0 atom stereocenters. The average molecular weight is 454 g/mol. The molecule has 0 radical (unpaired) electrons. The van der Waals surface area contributed by atoms with Gasteiger partial charge in [0.2, 0.25) is 0 Å². The van der Waals surface area contributed by atoms with Crippen LogP contribution in [0.4, 0.5) is 0 Å². The number of amides is 1. The van der Waals surface area contributed by atoms with Crippen molar-refractivity contribution >= 4 is 56.2 Å². The summed E-state index contributed by atoms with van der Waals surface area (Å²) in [6.45, 7) is 6.21. The Morgan fingerprint density at radius 3 is 2.89 bits per heavy atom. The Labute approximate surface area is 141 Å². The molecule has 0 saturated carbocycles. The number of rotatable bonds is 1. The second-order valence-electron chi connectivity index (χ2n) is 5.27. The van der Waals surface area contributed by atoms with Crippen LogP contribution in [-0.4, -0.2) is 34.4 Å². The number of halogens is 2. The number of carbonyl (C=O) groups excluding carboxylic acids is 1. The Morgan fingerprint density at radius 1 is 1.42 bits per heavy atom. The van der Waals surface area contributed by atoms with Crippen molar-refractivity contribution in [3.8, 4) is 0 Å². The molecule has 1 aliphatic rings. The first-order chi connectivity index (χ1) is 8.89. The van der Waals surface area contributed by atoms with Gasteiger partial charge in [-0.1, -0.05) is 29.8 Å². The summed E-state index contributed by atoms with van der Waals surface area (Å²) < 4.78 is 2.25. The minimum Gasteiger partial charge on any atom is -0.338 e. The number of carbonyl (C=O) groups is 1. The summed E-state index contributed by atoms with van der Waals surface area (Å²) in [5.41, 5.74) is 0.805. The molecule has 0 spiro atoms. The molecule has 104 valence electrons. The van der Waals surface area contributed by atoms with Crippen LogP contribution in [0.3, 0.4) is 0 Å². The van der Waals surface area contributed by atoms with E-state index < -0.39 is 0 Å². The van der Waals surface area contributed by atoms with E-state index in [2.05, 4.69) is 52.4 Å². The highest BCUT2D eigenvalue weighted by Crippen LogP contribution is 2.31. The van der Waals surface area contributed by atoms with Gasteiger partial charge in [-0.05, 0) is 47.2 Å². The highest BCUT2D eigenvalue weighted by atomic mass is 127. The molecule has 0 aliphatic carbocycles. The predicted octanol–water partition coefficient (Wildman–Crippen LogP) is 4.41. The zero-order valence-corrected chi connectivity index (χ0v) is 15.6. The second-order valence-corrected chi connectivity index (χ2v) is 9.15. The summed E-state index contributed by atoms with van der Waals surface area (Å²) in [7, 11) is 0. The van der Waals surface area contributed by atoms with E-state index in [4.69, 9.17) is 0 Å². The molecule has 5 heteroatoms. The van der Waals surface area contributed by atoms with Crippen LogP contribution in [0.1, 0.15) is 30.6 Å². The topological polar surface area (TPSA) is 20.3 Å². The lowest BCUT2D eigenvalue weighted by Crippen LogP contribution is -2.34. The molecule has 1 aliphatic heterocycles. The molecule has 0 bridgehead atoms. The van der Waals surface area contributed by atoms with Gasteiger partial charge in [0.25, 0.3) is 5.91 Å². The highest BCUT2D eigenvalue weighted by Gasteiger charge is 2.27. The number of benzene rings is 1. The van der Waals surface area contributed by atoms with Crippen LogP contribution in [0.5, 0.6) is 0 Å². The summed E-state index contributed by atoms with van der Waals surface area (Å²) in [5, 5.41) is 0. The van der Waals surface area contributed by atoms with Crippen molar-refractivity contribution in [3.05, 3.63) is 31.8 Å². The van der Waals surface area contributed by atoms with Gasteiger partial charge in [-0.3, -0.25) is 4.79 Å². The first-order valence-corrected chi connectivity index (χ1v) is 9.13. The van der Waals surface area contributed by atoms with Crippen molar-refractivity contribution in [2.75, 3.05) is 18.8 Å². The van der Waals surface area contributed by atoms with Crippen LogP contribution in [0.2, 0.25) is 0 Å². The van der Waals surface area contributed by atoms with Gasteiger partial charge < -0.3 is 4.90 Å². The fourth-order valence-corrected chi connectivity index (χ4v) is 4.08. The number of thioether (sulfide) groups is 1. The van der Waals surface area contributed by atoms with E-state index in [0.29, 0.717) is 0 Å². The Kier molecular flexibility index (Phi) is 5.22. The van der Waals surface area contributed by atoms with Gasteiger partial charge in [-0.15, -0.1) is 0 Å². The van der Waals surface area contributed by atoms with E-state index in [1.54, 1.807) is 0 Å². The van der Waals surface area contributed by atoms with Gasteiger partial charge in [0, 0.05) is 31.6 Å². The van der Waals surface area contributed by atoms with Crippen LogP contribution in [0.15, 0.2) is 22.7 Å². The van der Waals surface area contributed by atoms with Gasteiger partial charge in [0.15, 0.2) is 0 Å². The van der Waals surface area contributed by atoms with Crippen LogP contribution < -0.4 is 0 Å². The smallest absolute Gasteiger partial charge is 0.254 e. The third-order valence-corrected chi connectivity index (χ3v) is 6.09. The van der Waals surface area contributed by atoms with E-state index in [0.717, 1.165) is 38.9 Å². The van der Waals surface area contributed by atoms with Gasteiger partial charge in [-0.2, -0.15) is 11.8 Å². The van der Waals surface area contributed by atoms with E-state index >= 15 is 0 Å². The molecule has 2 nitrogen and oxygen atoms in total. The van der Waals surface area contributed by atoms with Crippen LogP contribution in [0, 0.1) is 3.57 Å². The van der Waals surface area contributed by atoms with E-state index in [1.807, 2.05) is 34.9 Å². The highest BCUT2D eigenvalue weighted by molar-refractivity contribution is 14.1. The van der Waals surface area contributed by atoms with Crippen molar-refractivity contribution in [3.63, 3.8) is 0 Å². The molecule has 1 amide bonds. The molecule has 1 fully saturated rings.